The number of amides is 1. The summed E-state index contributed by atoms with van der Waals surface area (Å²) < 4.78 is 12.0. The number of carbonyl (C=O) groups is 1. The highest BCUT2D eigenvalue weighted by Gasteiger charge is 2.43. The Bertz CT molecular complexity index is 645. The van der Waals surface area contributed by atoms with E-state index < -0.39 is 0 Å². The number of likely N-dealkylation sites (tertiary alicyclic amines) is 2. The van der Waals surface area contributed by atoms with Crippen LogP contribution in [0.3, 0.4) is 0 Å². The molecule has 0 unspecified atom stereocenters. The van der Waals surface area contributed by atoms with Crippen molar-refractivity contribution in [2.24, 2.45) is 0 Å². The topological polar surface area (TPSA) is 42.0 Å². The average molecular weight is 373 g/mol. The van der Waals surface area contributed by atoms with Gasteiger partial charge in [0.15, 0.2) is 0 Å². The first kappa shape index (κ1) is 18.8. The lowest BCUT2D eigenvalue weighted by Gasteiger charge is -2.45. The van der Waals surface area contributed by atoms with E-state index >= 15 is 0 Å². The molecule has 3 aliphatic rings. The van der Waals surface area contributed by atoms with Gasteiger partial charge in [-0.05, 0) is 56.8 Å². The van der Waals surface area contributed by atoms with Crippen LogP contribution in [-0.4, -0.2) is 62.1 Å². The van der Waals surface area contributed by atoms with Crippen molar-refractivity contribution >= 4 is 5.91 Å². The summed E-state index contributed by atoms with van der Waals surface area (Å²) in [5, 5.41) is 0. The van der Waals surface area contributed by atoms with Gasteiger partial charge >= 0.3 is 0 Å². The molecule has 3 aliphatic heterocycles. The zero-order chi connectivity index (χ0) is 18.7. The van der Waals surface area contributed by atoms with E-state index in [1.807, 2.05) is 11.0 Å². The second-order valence-corrected chi connectivity index (χ2v) is 8.16. The van der Waals surface area contributed by atoms with E-state index in [1.165, 1.54) is 36.8 Å². The summed E-state index contributed by atoms with van der Waals surface area (Å²) in [6.45, 7) is 5.00. The Morgan fingerprint density at radius 1 is 1.11 bits per heavy atom. The number of methoxy groups -OCH3 is 1. The molecule has 3 heterocycles. The fourth-order valence-electron chi connectivity index (χ4n) is 5.00. The number of benzene rings is 1. The summed E-state index contributed by atoms with van der Waals surface area (Å²) in [6, 6.07) is 6.29. The highest BCUT2D eigenvalue weighted by atomic mass is 16.5. The molecule has 0 saturated carbocycles. The second-order valence-electron chi connectivity index (χ2n) is 8.16. The molecular formula is C22H32N2O3. The standard InChI is InChI=1S/C22H32N2O3/c1-26-19-8-6-7-18-9-16-27-22(21(18)19)10-14-24(15-11-22)20(25)17-23-12-4-2-3-5-13-23/h6-8H,2-5,9-17H2,1H3. The van der Waals surface area contributed by atoms with E-state index in [9.17, 15) is 4.79 Å². The minimum atomic E-state index is -0.292. The predicted octanol–water partition coefficient (Wildman–Crippen LogP) is 2.96. The number of hydrogen-bond acceptors (Lipinski definition) is 4. The van der Waals surface area contributed by atoms with Gasteiger partial charge in [-0.3, -0.25) is 9.69 Å². The van der Waals surface area contributed by atoms with Gasteiger partial charge in [-0.1, -0.05) is 25.0 Å². The molecule has 0 aliphatic carbocycles. The van der Waals surface area contributed by atoms with E-state index in [0.29, 0.717) is 6.54 Å². The molecule has 2 saturated heterocycles. The van der Waals surface area contributed by atoms with E-state index in [0.717, 1.165) is 57.8 Å². The summed E-state index contributed by atoms with van der Waals surface area (Å²) in [5.74, 6) is 1.21. The molecule has 0 bridgehead atoms. The third-order valence-electron chi connectivity index (χ3n) is 6.52. The zero-order valence-corrected chi connectivity index (χ0v) is 16.5. The first-order chi connectivity index (χ1) is 13.2. The Hall–Kier alpha value is -1.59. The van der Waals surface area contributed by atoms with Gasteiger partial charge in [-0.2, -0.15) is 0 Å². The van der Waals surface area contributed by atoms with E-state index in [-0.39, 0.29) is 11.5 Å². The molecule has 1 aromatic carbocycles. The summed E-state index contributed by atoms with van der Waals surface area (Å²) in [7, 11) is 1.73. The van der Waals surface area contributed by atoms with Gasteiger partial charge in [0.2, 0.25) is 5.91 Å². The fourth-order valence-corrected chi connectivity index (χ4v) is 5.00. The summed E-state index contributed by atoms with van der Waals surface area (Å²) in [4.78, 5) is 17.2. The summed E-state index contributed by atoms with van der Waals surface area (Å²) in [6.07, 6.45) is 7.69. The SMILES string of the molecule is COc1cccc2c1C1(CCN(C(=O)CN3CCCCCC3)CC1)OCC2. The molecule has 5 heteroatoms. The van der Waals surface area contributed by atoms with Crippen LogP contribution in [0, 0.1) is 0 Å². The van der Waals surface area contributed by atoms with Crippen LogP contribution in [0.25, 0.3) is 0 Å². The molecular weight excluding hydrogens is 340 g/mol. The predicted molar refractivity (Wildman–Crippen MR) is 105 cm³/mol. The highest BCUT2D eigenvalue weighted by Crippen LogP contribution is 2.45. The summed E-state index contributed by atoms with van der Waals surface area (Å²) >= 11 is 0. The first-order valence-corrected chi connectivity index (χ1v) is 10.5. The second kappa shape index (κ2) is 8.19. The quantitative estimate of drug-likeness (QED) is 0.818. The Kier molecular flexibility index (Phi) is 5.69. The number of ether oxygens (including phenoxy) is 2. The Labute approximate surface area is 162 Å². The van der Waals surface area contributed by atoms with Gasteiger partial charge in [0.25, 0.3) is 0 Å². The monoisotopic (exact) mass is 372 g/mol. The number of carbonyl (C=O) groups excluding carboxylic acids is 1. The third kappa shape index (κ3) is 3.85. The molecule has 1 aromatic rings. The maximum atomic E-state index is 12.8. The molecule has 2 fully saturated rings. The van der Waals surface area contributed by atoms with Crippen LogP contribution in [-0.2, 0) is 21.6 Å². The van der Waals surface area contributed by atoms with E-state index in [4.69, 9.17) is 9.47 Å². The van der Waals surface area contributed by atoms with Crippen molar-refractivity contribution in [3.05, 3.63) is 29.3 Å². The van der Waals surface area contributed by atoms with Gasteiger partial charge in [-0.15, -0.1) is 0 Å². The van der Waals surface area contributed by atoms with Gasteiger partial charge in [0, 0.05) is 18.7 Å². The molecule has 1 spiro atoms. The number of hydrogen-bond donors (Lipinski definition) is 0. The van der Waals surface area contributed by atoms with Gasteiger partial charge in [0.1, 0.15) is 11.4 Å². The maximum absolute atomic E-state index is 12.8. The lowest BCUT2D eigenvalue weighted by Crippen LogP contribution is -2.50. The summed E-state index contributed by atoms with van der Waals surface area (Å²) in [5.41, 5.74) is 2.27. The number of rotatable bonds is 3. The lowest BCUT2D eigenvalue weighted by molar-refractivity contribution is -0.142. The molecule has 0 atom stereocenters. The molecule has 0 radical (unpaired) electrons. The van der Waals surface area contributed by atoms with Crippen molar-refractivity contribution in [2.75, 3.05) is 46.4 Å². The highest BCUT2D eigenvalue weighted by molar-refractivity contribution is 5.78. The van der Waals surface area contributed by atoms with Crippen molar-refractivity contribution in [2.45, 2.75) is 50.5 Å². The van der Waals surface area contributed by atoms with E-state index in [2.05, 4.69) is 17.0 Å². The van der Waals surface area contributed by atoms with Gasteiger partial charge in [-0.25, -0.2) is 0 Å². The number of piperidine rings is 1. The lowest BCUT2D eigenvalue weighted by atomic mass is 9.78. The van der Waals surface area contributed by atoms with Crippen molar-refractivity contribution in [1.29, 1.82) is 0 Å². The van der Waals surface area contributed by atoms with Crippen LogP contribution >= 0.6 is 0 Å². The largest absolute Gasteiger partial charge is 0.496 e. The van der Waals surface area contributed by atoms with Crippen LogP contribution < -0.4 is 4.74 Å². The van der Waals surface area contributed by atoms with Crippen molar-refractivity contribution in [1.82, 2.24) is 9.80 Å². The Morgan fingerprint density at radius 3 is 2.56 bits per heavy atom. The van der Waals surface area contributed by atoms with Crippen molar-refractivity contribution < 1.29 is 14.3 Å². The normalized spacial score (nSPS) is 22.9. The van der Waals surface area contributed by atoms with Gasteiger partial charge < -0.3 is 14.4 Å². The van der Waals surface area contributed by atoms with Crippen LogP contribution in [0.5, 0.6) is 5.75 Å². The minimum absolute atomic E-state index is 0.280. The van der Waals surface area contributed by atoms with Crippen molar-refractivity contribution in [3.8, 4) is 5.75 Å². The minimum Gasteiger partial charge on any atom is -0.496 e. The molecule has 27 heavy (non-hydrogen) atoms. The van der Waals surface area contributed by atoms with Crippen LogP contribution in [0.15, 0.2) is 18.2 Å². The molecule has 0 N–H and O–H groups in total. The van der Waals surface area contributed by atoms with Crippen LogP contribution in [0.4, 0.5) is 0 Å². The number of nitrogens with zero attached hydrogens (tertiary/aromatic N) is 2. The van der Waals surface area contributed by atoms with E-state index in [1.54, 1.807) is 7.11 Å². The van der Waals surface area contributed by atoms with Crippen molar-refractivity contribution in [3.63, 3.8) is 0 Å². The maximum Gasteiger partial charge on any atom is 0.236 e. The fraction of sp³-hybridized carbons (Fsp3) is 0.682. The zero-order valence-electron chi connectivity index (χ0n) is 16.5. The molecule has 4 rings (SSSR count). The van der Waals surface area contributed by atoms with Gasteiger partial charge in [0.05, 0.1) is 20.3 Å². The molecule has 1 amide bonds. The third-order valence-corrected chi connectivity index (χ3v) is 6.52. The van der Waals surface area contributed by atoms with Crippen LogP contribution in [0.1, 0.15) is 49.7 Å². The molecule has 0 aromatic heterocycles. The molecule has 148 valence electrons. The first-order valence-electron chi connectivity index (χ1n) is 10.5. The smallest absolute Gasteiger partial charge is 0.236 e. The Morgan fingerprint density at radius 2 is 1.85 bits per heavy atom. The average Bonchev–Trinajstić information content (AvgIpc) is 2.97. The number of fused-ring (bicyclic) bond motifs is 2. The van der Waals surface area contributed by atoms with Crippen LogP contribution in [0.2, 0.25) is 0 Å². The molecule has 5 nitrogen and oxygen atoms in total. The Balaban J connectivity index is 1.43.